The maximum absolute atomic E-state index is 9.51. The van der Waals surface area contributed by atoms with Crippen molar-refractivity contribution in [1.82, 2.24) is 0 Å². The van der Waals surface area contributed by atoms with Gasteiger partial charge in [-0.25, -0.2) is 0 Å². The van der Waals surface area contributed by atoms with E-state index in [1.807, 2.05) is 6.92 Å². The monoisotopic (exact) mass is 186 g/mol. The zero-order valence-electron chi connectivity index (χ0n) is 8.32. The van der Waals surface area contributed by atoms with Crippen LogP contribution in [0.3, 0.4) is 0 Å². The lowest BCUT2D eigenvalue weighted by Gasteiger charge is -2.38. The summed E-state index contributed by atoms with van der Waals surface area (Å²) in [5, 5.41) is 9.51. The largest absolute Gasteiger partial charge is 0.386 e. The standard InChI is InChI=1S/C10H18O3/c1-4-8(11)9-6-5-7-10(2,12-3)13-9/h4,8-9,11H,1,5-7H2,2-3H3/t8-,9+,10-/m0/s1. The molecule has 1 heterocycles. The third kappa shape index (κ3) is 2.53. The summed E-state index contributed by atoms with van der Waals surface area (Å²) in [5.41, 5.74) is 0. The van der Waals surface area contributed by atoms with Gasteiger partial charge in [0.25, 0.3) is 0 Å². The van der Waals surface area contributed by atoms with E-state index in [4.69, 9.17) is 9.47 Å². The van der Waals surface area contributed by atoms with Crippen molar-refractivity contribution in [3.63, 3.8) is 0 Å². The predicted molar refractivity (Wildman–Crippen MR) is 50.3 cm³/mol. The number of aliphatic hydroxyl groups excluding tert-OH is 1. The fourth-order valence-electron chi connectivity index (χ4n) is 1.60. The lowest BCUT2D eigenvalue weighted by molar-refractivity contribution is -0.268. The number of aliphatic hydroxyl groups is 1. The van der Waals surface area contributed by atoms with Crippen LogP contribution in [0.2, 0.25) is 0 Å². The highest BCUT2D eigenvalue weighted by atomic mass is 16.7. The van der Waals surface area contributed by atoms with Gasteiger partial charge in [-0.3, -0.25) is 0 Å². The van der Waals surface area contributed by atoms with Crippen LogP contribution in [0.1, 0.15) is 26.2 Å². The highest BCUT2D eigenvalue weighted by Crippen LogP contribution is 2.30. The molecule has 0 saturated carbocycles. The second kappa shape index (κ2) is 4.22. The summed E-state index contributed by atoms with van der Waals surface area (Å²) in [5.74, 6) is -0.535. The highest BCUT2D eigenvalue weighted by Gasteiger charge is 2.34. The molecule has 3 nitrogen and oxygen atoms in total. The fraction of sp³-hybridized carbons (Fsp3) is 0.800. The molecule has 1 rings (SSSR count). The molecule has 0 radical (unpaired) electrons. The second-order valence-corrected chi connectivity index (χ2v) is 3.61. The molecule has 1 aliphatic heterocycles. The minimum absolute atomic E-state index is 0.170. The highest BCUT2D eigenvalue weighted by molar-refractivity contribution is 4.88. The molecule has 0 aromatic carbocycles. The van der Waals surface area contributed by atoms with Gasteiger partial charge in [0.05, 0.1) is 12.2 Å². The molecule has 1 fully saturated rings. The van der Waals surface area contributed by atoms with E-state index < -0.39 is 11.9 Å². The molecule has 1 aliphatic rings. The molecule has 1 N–H and O–H groups in total. The molecule has 0 bridgehead atoms. The molecule has 13 heavy (non-hydrogen) atoms. The normalized spacial score (nSPS) is 37.0. The predicted octanol–water partition coefficient (Wildman–Crippen LogP) is 1.47. The van der Waals surface area contributed by atoms with Gasteiger partial charge in [-0.05, 0) is 19.8 Å². The van der Waals surface area contributed by atoms with E-state index in [-0.39, 0.29) is 6.10 Å². The topological polar surface area (TPSA) is 38.7 Å². The van der Waals surface area contributed by atoms with E-state index in [1.54, 1.807) is 7.11 Å². The summed E-state index contributed by atoms with van der Waals surface area (Å²) in [6, 6.07) is 0. The van der Waals surface area contributed by atoms with Crippen molar-refractivity contribution in [3.8, 4) is 0 Å². The smallest absolute Gasteiger partial charge is 0.165 e. The number of ether oxygens (including phenoxy) is 2. The average Bonchev–Trinajstić information content (AvgIpc) is 2.17. The van der Waals surface area contributed by atoms with Crippen molar-refractivity contribution < 1.29 is 14.6 Å². The van der Waals surface area contributed by atoms with Crippen molar-refractivity contribution in [3.05, 3.63) is 12.7 Å². The summed E-state index contributed by atoms with van der Waals surface area (Å²) in [6.45, 7) is 5.44. The first kappa shape index (κ1) is 10.7. The molecule has 0 spiro atoms. The van der Waals surface area contributed by atoms with Crippen LogP contribution in [-0.4, -0.2) is 30.2 Å². The summed E-state index contributed by atoms with van der Waals surface area (Å²) >= 11 is 0. The van der Waals surface area contributed by atoms with Crippen LogP contribution in [0.25, 0.3) is 0 Å². The van der Waals surface area contributed by atoms with Crippen LogP contribution in [0.15, 0.2) is 12.7 Å². The van der Waals surface area contributed by atoms with Crippen molar-refractivity contribution in [1.29, 1.82) is 0 Å². The van der Waals surface area contributed by atoms with Gasteiger partial charge < -0.3 is 14.6 Å². The van der Waals surface area contributed by atoms with Gasteiger partial charge in [-0.15, -0.1) is 6.58 Å². The SMILES string of the molecule is C=C[C@H](O)[C@H]1CCC[C@@](C)(OC)O1. The lowest BCUT2D eigenvalue weighted by atomic mass is 9.99. The van der Waals surface area contributed by atoms with Crippen LogP contribution < -0.4 is 0 Å². The van der Waals surface area contributed by atoms with E-state index in [0.29, 0.717) is 0 Å². The van der Waals surface area contributed by atoms with Gasteiger partial charge in [0.15, 0.2) is 5.79 Å². The molecule has 0 unspecified atom stereocenters. The average molecular weight is 186 g/mol. The molecule has 1 saturated heterocycles. The van der Waals surface area contributed by atoms with Crippen LogP contribution in [0, 0.1) is 0 Å². The molecular weight excluding hydrogens is 168 g/mol. The Balaban J connectivity index is 2.55. The maximum Gasteiger partial charge on any atom is 0.165 e. The van der Waals surface area contributed by atoms with E-state index in [2.05, 4.69) is 6.58 Å². The van der Waals surface area contributed by atoms with Gasteiger partial charge in [0.1, 0.15) is 0 Å². The molecule has 0 aromatic rings. The Hall–Kier alpha value is -0.380. The maximum atomic E-state index is 9.51. The molecular formula is C10H18O3. The molecule has 76 valence electrons. The Morgan fingerprint density at radius 1 is 1.77 bits per heavy atom. The molecule has 0 amide bonds. The first-order chi connectivity index (χ1) is 6.11. The van der Waals surface area contributed by atoms with Crippen molar-refractivity contribution in [2.75, 3.05) is 7.11 Å². The number of methoxy groups -OCH3 is 1. The van der Waals surface area contributed by atoms with Crippen molar-refractivity contribution in [2.24, 2.45) is 0 Å². The Bertz CT molecular complexity index is 181. The van der Waals surface area contributed by atoms with E-state index in [9.17, 15) is 5.11 Å². The van der Waals surface area contributed by atoms with E-state index >= 15 is 0 Å². The van der Waals surface area contributed by atoms with Crippen LogP contribution in [0.5, 0.6) is 0 Å². The quantitative estimate of drug-likeness (QED) is 0.678. The molecule has 0 aliphatic carbocycles. The van der Waals surface area contributed by atoms with Crippen LogP contribution in [-0.2, 0) is 9.47 Å². The molecule has 0 aromatic heterocycles. The zero-order chi connectivity index (χ0) is 9.90. The third-order valence-electron chi connectivity index (χ3n) is 2.57. The van der Waals surface area contributed by atoms with Crippen molar-refractivity contribution >= 4 is 0 Å². The molecule has 3 atom stereocenters. The Kier molecular flexibility index (Phi) is 3.47. The van der Waals surface area contributed by atoms with E-state index in [0.717, 1.165) is 19.3 Å². The van der Waals surface area contributed by atoms with Gasteiger partial charge in [-0.2, -0.15) is 0 Å². The Morgan fingerprint density at radius 3 is 3.00 bits per heavy atom. The van der Waals surface area contributed by atoms with Gasteiger partial charge in [0.2, 0.25) is 0 Å². The van der Waals surface area contributed by atoms with Crippen molar-refractivity contribution in [2.45, 2.75) is 44.2 Å². The van der Waals surface area contributed by atoms with Gasteiger partial charge in [0, 0.05) is 13.5 Å². The molecule has 3 heteroatoms. The Morgan fingerprint density at radius 2 is 2.46 bits per heavy atom. The summed E-state index contributed by atoms with van der Waals surface area (Å²) in [7, 11) is 1.63. The fourth-order valence-corrected chi connectivity index (χ4v) is 1.60. The van der Waals surface area contributed by atoms with Gasteiger partial charge >= 0.3 is 0 Å². The van der Waals surface area contributed by atoms with Crippen LogP contribution in [0.4, 0.5) is 0 Å². The minimum Gasteiger partial charge on any atom is -0.386 e. The number of hydrogen-bond donors (Lipinski definition) is 1. The number of hydrogen-bond acceptors (Lipinski definition) is 3. The lowest BCUT2D eigenvalue weighted by Crippen LogP contribution is -2.43. The third-order valence-corrected chi connectivity index (χ3v) is 2.57. The second-order valence-electron chi connectivity index (χ2n) is 3.61. The Labute approximate surface area is 79.3 Å². The zero-order valence-corrected chi connectivity index (χ0v) is 8.32. The number of rotatable bonds is 3. The first-order valence-corrected chi connectivity index (χ1v) is 4.65. The first-order valence-electron chi connectivity index (χ1n) is 4.65. The minimum atomic E-state index is -0.588. The summed E-state index contributed by atoms with van der Waals surface area (Å²) in [4.78, 5) is 0. The summed E-state index contributed by atoms with van der Waals surface area (Å²) < 4.78 is 10.9. The van der Waals surface area contributed by atoms with E-state index in [1.165, 1.54) is 6.08 Å². The van der Waals surface area contributed by atoms with Crippen LogP contribution >= 0.6 is 0 Å². The summed E-state index contributed by atoms with van der Waals surface area (Å²) in [6.07, 6.45) is 3.51. The van der Waals surface area contributed by atoms with Gasteiger partial charge in [-0.1, -0.05) is 6.08 Å².